The van der Waals surface area contributed by atoms with Crippen molar-refractivity contribution in [1.29, 1.82) is 0 Å². The fourth-order valence-electron chi connectivity index (χ4n) is 2.91. The monoisotopic (exact) mass is 449 g/mol. The number of benzene rings is 1. The van der Waals surface area contributed by atoms with Crippen LogP contribution in [-0.4, -0.2) is 39.1 Å². The van der Waals surface area contributed by atoms with Crippen LogP contribution in [0.4, 0.5) is 0 Å². The van der Waals surface area contributed by atoms with E-state index in [1.54, 1.807) is 12.1 Å². The number of carbonyl (C=O) groups is 1. The lowest BCUT2D eigenvalue weighted by molar-refractivity contribution is -0.121. The molecule has 2 aromatic rings. The number of fused-ring (bicyclic) bond motifs is 1. The van der Waals surface area contributed by atoms with E-state index >= 15 is 0 Å². The molecule has 2 atom stereocenters. The van der Waals surface area contributed by atoms with Gasteiger partial charge in [-0.3, -0.25) is 14.2 Å². The summed E-state index contributed by atoms with van der Waals surface area (Å²) in [6, 6.07) is 2.97. The number of rotatable bonds is 4. The second-order valence-corrected chi connectivity index (χ2v) is 7.24. The molecular formula is C16H18BrCl2N3O3. The maximum absolute atomic E-state index is 12.5. The Morgan fingerprint density at radius 1 is 1.48 bits per heavy atom. The number of nitrogens with zero attached hydrogens (tertiary/aromatic N) is 2. The number of hydrogen-bond acceptors (Lipinski definition) is 5. The van der Waals surface area contributed by atoms with Gasteiger partial charge in [0, 0.05) is 16.9 Å². The summed E-state index contributed by atoms with van der Waals surface area (Å²) in [7, 11) is 0. The summed E-state index contributed by atoms with van der Waals surface area (Å²) in [6.45, 7) is 0.722. The Kier molecular flexibility index (Phi) is 6.99. The van der Waals surface area contributed by atoms with Gasteiger partial charge in [0.2, 0.25) is 0 Å². The Morgan fingerprint density at radius 2 is 2.24 bits per heavy atom. The normalized spacial score (nSPS) is 20.3. The standard InChI is InChI=1S/C16H17BrClN3O3.ClH/c17-11-6-13-10(5-12(11)18)16(24)21(8-20-13)7-9(22)4-14-15(23)2-1-3-19-14;/h5-6,8,14-15,19,23H,1-4,7H2;1H/t14-,15+;/m0./s1. The third-order valence-corrected chi connectivity index (χ3v) is 5.41. The van der Waals surface area contributed by atoms with Crippen LogP contribution in [0, 0.1) is 0 Å². The molecule has 1 saturated heterocycles. The van der Waals surface area contributed by atoms with Crippen molar-refractivity contribution in [1.82, 2.24) is 14.9 Å². The van der Waals surface area contributed by atoms with Crippen LogP contribution in [0.2, 0.25) is 5.02 Å². The fourth-order valence-corrected chi connectivity index (χ4v) is 3.40. The maximum atomic E-state index is 12.5. The number of Topliss-reactive ketones (excluding diaryl/α,β-unsaturated/α-hetero) is 1. The largest absolute Gasteiger partial charge is 0.391 e. The molecule has 1 aromatic heterocycles. The van der Waals surface area contributed by atoms with Gasteiger partial charge in [0.05, 0.1) is 34.9 Å². The van der Waals surface area contributed by atoms with Crippen molar-refractivity contribution in [3.05, 3.63) is 38.3 Å². The van der Waals surface area contributed by atoms with Crippen LogP contribution in [0.1, 0.15) is 19.3 Å². The van der Waals surface area contributed by atoms with Gasteiger partial charge in [-0.25, -0.2) is 4.98 Å². The van der Waals surface area contributed by atoms with Crippen LogP contribution in [0.25, 0.3) is 10.9 Å². The van der Waals surface area contributed by atoms with Crippen LogP contribution < -0.4 is 10.9 Å². The van der Waals surface area contributed by atoms with E-state index in [1.807, 2.05) is 0 Å². The fraction of sp³-hybridized carbons (Fsp3) is 0.438. The number of aliphatic hydroxyl groups excluding tert-OH is 1. The Hall–Kier alpha value is -0.990. The van der Waals surface area contributed by atoms with Gasteiger partial charge in [-0.2, -0.15) is 0 Å². The predicted molar refractivity (Wildman–Crippen MR) is 103 cm³/mol. The van der Waals surface area contributed by atoms with E-state index in [2.05, 4.69) is 26.2 Å². The van der Waals surface area contributed by atoms with E-state index in [0.717, 1.165) is 13.0 Å². The molecule has 2 heterocycles. The van der Waals surface area contributed by atoms with Gasteiger partial charge in [-0.1, -0.05) is 11.6 Å². The summed E-state index contributed by atoms with van der Waals surface area (Å²) in [5.41, 5.74) is 0.212. The topological polar surface area (TPSA) is 84.2 Å². The molecular weight excluding hydrogens is 433 g/mol. The highest BCUT2D eigenvalue weighted by Gasteiger charge is 2.25. The number of piperidine rings is 1. The summed E-state index contributed by atoms with van der Waals surface area (Å²) < 4.78 is 1.94. The smallest absolute Gasteiger partial charge is 0.261 e. The minimum Gasteiger partial charge on any atom is -0.391 e. The molecule has 1 fully saturated rings. The molecule has 0 bridgehead atoms. The first-order valence-corrected chi connectivity index (χ1v) is 8.90. The van der Waals surface area contributed by atoms with Gasteiger partial charge < -0.3 is 10.4 Å². The molecule has 1 aromatic carbocycles. The van der Waals surface area contributed by atoms with Crippen LogP contribution >= 0.6 is 39.9 Å². The van der Waals surface area contributed by atoms with Crippen LogP contribution in [-0.2, 0) is 11.3 Å². The van der Waals surface area contributed by atoms with Crippen LogP contribution in [0.15, 0.2) is 27.7 Å². The van der Waals surface area contributed by atoms with Gasteiger partial charge in [0.1, 0.15) is 0 Å². The van der Waals surface area contributed by atoms with Crippen molar-refractivity contribution in [2.45, 2.75) is 38.0 Å². The van der Waals surface area contributed by atoms with Crippen LogP contribution in [0.3, 0.4) is 0 Å². The average molecular weight is 451 g/mol. The molecule has 1 aliphatic rings. The van der Waals surface area contributed by atoms with Gasteiger partial charge >= 0.3 is 0 Å². The Bertz CT molecular complexity index is 843. The Morgan fingerprint density at radius 3 is 2.96 bits per heavy atom. The first kappa shape index (κ1) is 20.3. The second kappa shape index (κ2) is 8.60. The molecule has 9 heteroatoms. The summed E-state index contributed by atoms with van der Waals surface area (Å²) in [4.78, 5) is 29.0. The average Bonchev–Trinajstić information content (AvgIpc) is 2.54. The first-order valence-electron chi connectivity index (χ1n) is 7.73. The number of halogens is 3. The highest BCUT2D eigenvalue weighted by atomic mass is 79.9. The van der Waals surface area contributed by atoms with Crippen molar-refractivity contribution in [3.63, 3.8) is 0 Å². The molecule has 25 heavy (non-hydrogen) atoms. The summed E-state index contributed by atoms with van der Waals surface area (Å²) in [5.74, 6) is -0.125. The van der Waals surface area contributed by atoms with E-state index in [1.165, 1.54) is 10.9 Å². The molecule has 0 saturated carbocycles. The predicted octanol–water partition coefficient (Wildman–Crippen LogP) is 2.31. The van der Waals surface area contributed by atoms with E-state index in [9.17, 15) is 14.7 Å². The maximum Gasteiger partial charge on any atom is 0.261 e. The number of ketones is 1. The highest BCUT2D eigenvalue weighted by Crippen LogP contribution is 2.25. The number of aliphatic hydroxyl groups is 1. The first-order chi connectivity index (χ1) is 11.5. The lowest BCUT2D eigenvalue weighted by Crippen LogP contribution is -2.46. The van der Waals surface area contributed by atoms with Crippen molar-refractivity contribution in [2.75, 3.05) is 6.54 Å². The summed E-state index contributed by atoms with van der Waals surface area (Å²) >= 11 is 9.33. The number of aromatic nitrogens is 2. The van der Waals surface area contributed by atoms with Gasteiger partial charge in [0.25, 0.3) is 5.56 Å². The number of nitrogens with one attached hydrogen (secondary N) is 1. The van der Waals surface area contributed by atoms with Crippen molar-refractivity contribution >= 4 is 56.6 Å². The van der Waals surface area contributed by atoms with Crippen molar-refractivity contribution in [3.8, 4) is 0 Å². The van der Waals surface area contributed by atoms with E-state index < -0.39 is 6.10 Å². The molecule has 0 amide bonds. The van der Waals surface area contributed by atoms with Crippen molar-refractivity contribution < 1.29 is 9.90 Å². The zero-order valence-electron chi connectivity index (χ0n) is 13.2. The van der Waals surface area contributed by atoms with Crippen LogP contribution in [0.5, 0.6) is 0 Å². The van der Waals surface area contributed by atoms with E-state index in [4.69, 9.17) is 11.6 Å². The molecule has 1 aliphatic heterocycles. The quantitative estimate of drug-likeness (QED) is 0.746. The third kappa shape index (κ3) is 4.60. The lowest BCUT2D eigenvalue weighted by Gasteiger charge is -2.28. The van der Waals surface area contributed by atoms with E-state index in [0.29, 0.717) is 26.8 Å². The zero-order valence-corrected chi connectivity index (χ0v) is 16.4. The Labute approximate surface area is 164 Å². The second-order valence-electron chi connectivity index (χ2n) is 5.97. The molecule has 0 unspecified atom stereocenters. The summed E-state index contributed by atoms with van der Waals surface area (Å²) in [5, 5.41) is 13.9. The SMILES string of the molecule is Cl.O=C(C[C@@H]1NCCC[C@H]1O)Cn1cnc2cc(Br)c(Cl)cc2c1=O. The molecule has 0 spiro atoms. The Balaban J connectivity index is 0.00000225. The minimum atomic E-state index is -0.523. The molecule has 3 rings (SSSR count). The molecule has 6 nitrogen and oxygen atoms in total. The number of carbonyl (C=O) groups excluding carboxylic acids is 1. The molecule has 0 aliphatic carbocycles. The van der Waals surface area contributed by atoms with Gasteiger partial charge in [-0.15, -0.1) is 12.4 Å². The third-order valence-electron chi connectivity index (χ3n) is 4.21. The van der Waals surface area contributed by atoms with Crippen molar-refractivity contribution in [2.24, 2.45) is 0 Å². The zero-order chi connectivity index (χ0) is 17.3. The highest BCUT2D eigenvalue weighted by molar-refractivity contribution is 9.10. The minimum absolute atomic E-state index is 0. The van der Waals surface area contributed by atoms with E-state index in [-0.39, 0.29) is 42.8 Å². The summed E-state index contributed by atoms with van der Waals surface area (Å²) in [6.07, 6.45) is 2.62. The lowest BCUT2D eigenvalue weighted by atomic mass is 9.97. The molecule has 0 radical (unpaired) electrons. The number of hydrogen-bond donors (Lipinski definition) is 2. The molecule has 136 valence electrons. The molecule has 2 N–H and O–H groups in total. The van der Waals surface area contributed by atoms with Gasteiger partial charge in [0.15, 0.2) is 5.78 Å². The van der Waals surface area contributed by atoms with Gasteiger partial charge in [-0.05, 0) is 47.4 Å².